The molecule has 0 bridgehead atoms. The molecule has 2 aromatic rings. The zero-order valence-electron chi connectivity index (χ0n) is 19.4. The van der Waals surface area contributed by atoms with Crippen molar-refractivity contribution >= 4 is 35.0 Å². The Balaban J connectivity index is 1.26. The molecule has 1 aliphatic carbocycles. The summed E-state index contributed by atoms with van der Waals surface area (Å²) in [4.78, 5) is 52.5. The zero-order valence-corrected chi connectivity index (χ0v) is 19.4. The van der Waals surface area contributed by atoms with E-state index in [1.54, 1.807) is 29.2 Å². The summed E-state index contributed by atoms with van der Waals surface area (Å²) >= 11 is 0. The van der Waals surface area contributed by atoms with Crippen LogP contribution in [0.1, 0.15) is 48.0 Å². The van der Waals surface area contributed by atoms with Crippen LogP contribution in [0.2, 0.25) is 0 Å². The Bertz CT molecular complexity index is 1210. The van der Waals surface area contributed by atoms with E-state index in [1.165, 1.54) is 5.01 Å². The van der Waals surface area contributed by atoms with E-state index in [9.17, 15) is 19.2 Å². The van der Waals surface area contributed by atoms with Crippen LogP contribution >= 0.6 is 0 Å². The Kier molecular flexibility index (Phi) is 6.35. The number of hydrogen-bond donors (Lipinski definition) is 2. The standard InChI is InChI=1S/C27H28N4O4/c32-24-13-3-4-14-30(24)20-9-5-7-18(15-20)17-28-25(33)19-8-6-10-21(16-19)31-27(35)23-12-2-1-11-22(23)26(34)29-31/h1-2,5-10,15-16,22-23H,3-4,11-14,17H2,(H,28,33)(H,29,34). The number of benzene rings is 2. The van der Waals surface area contributed by atoms with Crippen molar-refractivity contribution in [3.63, 3.8) is 0 Å². The van der Waals surface area contributed by atoms with Crippen molar-refractivity contribution in [2.75, 3.05) is 16.5 Å². The number of rotatable bonds is 5. The maximum absolute atomic E-state index is 13.0. The van der Waals surface area contributed by atoms with Gasteiger partial charge in [0.25, 0.3) is 5.91 Å². The summed E-state index contributed by atoms with van der Waals surface area (Å²) in [5, 5.41) is 4.17. The van der Waals surface area contributed by atoms with Crippen LogP contribution in [0.5, 0.6) is 0 Å². The number of hydrogen-bond acceptors (Lipinski definition) is 4. The lowest BCUT2D eigenvalue weighted by molar-refractivity contribution is -0.139. The average Bonchev–Trinajstić information content (AvgIpc) is 2.90. The lowest BCUT2D eigenvalue weighted by Gasteiger charge is -2.38. The van der Waals surface area contributed by atoms with Crippen molar-refractivity contribution in [2.24, 2.45) is 11.8 Å². The number of amides is 4. The molecule has 180 valence electrons. The van der Waals surface area contributed by atoms with Crippen molar-refractivity contribution in [3.8, 4) is 0 Å². The Morgan fingerprint density at radius 2 is 1.71 bits per heavy atom. The van der Waals surface area contributed by atoms with Gasteiger partial charge in [0.15, 0.2) is 0 Å². The van der Waals surface area contributed by atoms with Gasteiger partial charge in [-0.15, -0.1) is 0 Å². The molecule has 8 nitrogen and oxygen atoms in total. The van der Waals surface area contributed by atoms with Crippen LogP contribution in [0, 0.1) is 11.8 Å². The van der Waals surface area contributed by atoms with E-state index in [-0.39, 0.29) is 35.5 Å². The van der Waals surface area contributed by atoms with Gasteiger partial charge < -0.3 is 10.2 Å². The molecule has 2 atom stereocenters. The Morgan fingerprint density at radius 1 is 0.943 bits per heavy atom. The highest BCUT2D eigenvalue weighted by atomic mass is 16.2. The second kappa shape index (κ2) is 9.74. The molecule has 0 spiro atoms. The van der Waals surface area contributed by atoms with Crippen molar-refractivity contribution in [2.45, 2.75) is 38.6 Å². The summed E-state index contributed by atoms with van der Waals surface area (Å²) in [6.07, 6.45) is 7.46. The van der Waals surface area contributed by atoms with Gasteiger partial charge in [-0.1, -0.05) is 30.4 Å². The summed E-state index contributed by atoms with van der Waals surface area (Å²) in [7, 11) is 0. The van der Waals surface area contributed by atoms with Crippen molar-refractivity contribution < 1.29 is 19.2 Å². The first-order chi connectivity index (χ1) is 17.0. The maximum atomic E-state index is 13.0. The van der Waals surface area contributed by atoms with Crippen molar-refractivity contribution in [1.82, 2.24) is 10.7 Å². The van der Waals surface area contributed by atoms with E-state index in [0.29, 0.717) is 43.6 Å². The number of nitrogens with one attached hydrogen (secondary N) is 2. The monoisotopic (exact) mass is 472 g/mol. The molecule has 2 aromatic carbocycles. The maximum Gasteiger partial charge on any atom is 0.251 e. The van der Waals surface area contributed by atoms with Gasteiger partial charge in [-0.3, -0.25) is 24.6 Å². The molecule has 35 heavy (non-hydrogen) atoms. The molecule has 8 heteroatoms. The number of allylic oxidation sites excluding steroid dienone is 2. The van der Waals surface area contributed by atoms with E-state index in [4.69, 9.17) is 0 Å². The Labute approximate surface area is 203 Å². The van der Waals surface area contributed by atoms with Crippen LogP contribution in [-0.4, -0.2) is 30.2 Å². The molecule has 5 rings (SSSR count). The number of carbonyl (C=O) groups excluding carboxylic acids is 4. The molecule has 4 amide bonds. The lowest BCUT2D eigenvalue weighted by Crippen LogP contribution is -2.59. The fraction of sp³-hybridized carbons (Fsp3) is 0.333. The lowest BCUT2D eigenvalue weighted by atomic mass is 9.80. The molecule has 2 heterocycles. The van der Waals surface area contributed by atoms with Gasteiger partial charge in [-0.25, -0.2) is 5.01 Å². The Hall–Kier alpha value is -3.94. The molecule has 3 aliphatic rings. The van der Waals surface area contributed by atoms with Crippen molar-refractivity contribution in [3.05, 3.63) is 71.8 Å². The molecule has 2 saturated heterocycles. The zero-order chi connectivity index (χ0) is 24.4. The minimum Gasteiger partial charge on any atom is -0.348 e. The minimum atomic E-state index is -0.384. The van der Waals surface area contributed by atoms with Crippen LogP contribution in [0.25, 0.3) is 0 Å². The average molecular weight is 473 g/mol. The van der Waals surface area contributed by atoms with Crippen LogP contribution in [0.15, 0.2) is 60.7 Å². The van der Waals surface area contributed by atoms with Crippen LogP contribution in [0.3, 0.4) is 0 Å². The largest absolute Gasteiger partial charge is 0.348 e. The normalized spacial score (nSPS) is 22.0. The highest BCUT2D eigenvalue weighted by Gasteiger charge is 2.42. The summed E-state index contributed by atoms with van der Waals surface area (Å²) < 4.78 is 0. The van der Waals surface area contributed by atoms with Gasteiger partial charge in [0.05, 0.1) is 17.5 Å². The number of nitrogens with zero attached hydrogens (tertiary/aromatic N) is 2. The third-order valence-corrected chi connectivity index (χ3v) is 6.89. The summed E-state index contributed by atoms with van der Waals surface area (Å²) in [6, 6.07) is 14.3. The van der Waals surface area contributed by atoms with E-state index in [0.717, 1.165) is 24.1 Å². The molecule has 0 aromatic heterocycles. The molecule has 2 fully saturated rings. The van der Waals surface area contributed by atoms with Gasteiger partial charge in [0.1, 0.15) is 0 Å². The fourth-order valence-corrected chi connectivity index (χ4v) is 4.97. The van der Waals surface area contributed by atoms with Crippen molar-refractivity contribution in [1.29, 1.82) is 0 Å². The van der Waals surface area contributed by atoms with E-state index in [1.807, 2.05) is 36.4 Å². The van der Waals surface area contributed by atoms with E-state index >= 15 is 0 Å². The second-order valence-electron chi connectivity index (χ2n) is 9.21. The molecule has 0 saturated carbocycles. The van der Waals surface area contributed by atoms with E-state index < -0.39 is 0 Å². The van der Waals surface area contributed by atoms with Crippen LogP contribution < -0.4 is 20.7 Å². The first-order valence-corrected chi connectivity index (χ1v) is 12.1. The van der Waals surface area contributed by atoms with Gasteiger partial charge in [-0.2, -0.15) is 0 Å². The third kappa shape index (κ3) is 4.69. The molecular formula is C27H28N4O4. The third-order valence-electron chi connectivity index (χ3n) is 6.89. The topological polar surface area (TPSA) is 98.8 Å². The second-order valence-corrected chi connectivity index (χ2v) is 9.21. The quantitative estimate of drug-likeness (QED) is 0.654. The summed E-state index contributed by atoms with van der Waals surface area (Å²) in [5.41, 5.74) is 5.27. The van der Waals surface area contributed by atoms with Gasteiger partial charge in [0.2, 0.25) is 17.7 Å². The molecule has 2 aliphatic heterocycles. The first-order valence-electron chi connectivity index (χ1n) is 12.1. The number of hydrazine groups is 1. The molecule has 2 N–H and O–H groups in total. The predicted octanol–water partition coefficient (Wildman–Crippen LogP) is 3.09. The van der Waals surface area contributed by atoms with Crippen LogP contribution in [0.4, 0.5) is 11.4 Å². The highest BCUT2D eigenvalue weighted by molar-refractivity contribution is 6.05. The van der Waals surface area contributed by atoms with E-state index in [2.05, 4.69) is 10.7 Å². The molecular weight excluding hydrogens is 444 g/mol. The molecule has 0 radical (unpaired) electrons. The van der Waals surface area contributed by atoms with Gasteiger partial charge in [0, 0.05) is 30.8 Å². The predicted molar refractivity (Wildman–Crippen MR) is 131 cm³/mol. The Morgan fingerprint density at radius 3 is 2.54 bits per heavy atom. The number of anilines is 2. The molecule has 2 unspecified atom stereocenters. The number of fused-ring (bicyclic) bond motifs is 1. The fourth-order valence-electron chi connectivity index (χ4n) is 4.97. The van der Waals surface area contributed by atoms with Gasteiger partial charge >= 0.3 is 0 Å². The number of carbonyl (C=O) groups is 4. The van der Waals surface area contributed by atoms with Crippen LogP contribution in [-0.2, 0) is 20.9 Å². The summed E-state index contributed by atoms with van der Waals surface area (Å²) in [6.45, 7) is 1.01. The highest BCUT2D eigenvalue weighted by Crippen LogP contribution is 2.32. The minimum absolute atomic E-state index is 0.129. The first kappa shape index (κ1) is 22.8. The smallest absolute Gasteiger partial charge is 0.251 e. The van der Waals surface area contributed by atoms with Gasteiger partial charge in [-0.05, 0) is 61.6 Å². The SMILES string of the molecule is O=C(NCc1cccc(N2CCCCC2=O)c1)c1cccc(N2NC(=O)C3CC=CCC3C2=O)c1. The summed E-state index contributed by atoms with van der Waals surface area (Å²) in [5.74, 6) is -1.23. The number of piperidine rings is 1.